The third kappa shape index (κ3) is 5.40. The number of carbonyl (C=O) groups excluding carboxylic acids is 2. The maximum absolute atomic E-state index is 12.7. The minimum absolute atomic E-state index is 0.237. The van der Waals surface area contributed by atoms with Crippen molar-refractivity contribution >= 4 is 28.0 Å². The second-order valence-corrected chi connectivity index (χ2v) is 8.14. The summed E-state index contributed by atoms with van der Waals surface area (Å²) in [5, 5.41) is 0. The normalized spacial score (nSPS) is 17.6. The Kier molecular flexibility index (Phi) is 6.93. The largest absolute Gasteiger partial charge is 0.449 e. The summed E-state index contributed by atoms with van der Waals surface area (Å²) in [5.41, 5.74) is 5.66. The first-order valence-corrected chi connectivity index (χ1v) is 10.0. The lowest BCUT2D eigenvalue weighted by Gasteiger charge is -2.19. The summed E-state index contributed by atoms with van der Waals surface area (Å²) in [5.74, 6) is -1.42. The maximum atomic E-state index is 12.7. The molecule has 1 heterocycles. The molecule has 8 heteroatoms. The number of hydrogen-bond acceptors (Lipinski definition) is 5. The molecule has 0 saturated carbocycles. The molecule has 1 aliphatic heterocycles. The Morgan fingerprint density at radius 2 is 1.69 bits per heavy atom. The van der Waals surface area contributed by atoms with Gasteiger partial charge in [-0.1, -0.05) is 25.0 Å². The fraction of sp³-hybridized carbons (Fsp3) is 0.444. The van der Waals surface area contributed by atoms with Crippen LogP contribution in [0.2, 0.25) is 0 Å². The van der Waals surface area contributed by atoms with Crippen LogP contribution in [0.25, 0.3) is 6.08 Å². The molecule has 1 fully saturated rings. The van der Waals surface area contributed by atoms with Gasteiger partial charge in [-0.2, -0.15) is 4.31 Å². The van der Waals surface area contributed by atoms with Gasteiger partial charge in [0.1, 0.15) is 0 Å². The van der Waals surface area contributed by atoms with Crippen LogP contribution in [-0.4, -0.2) is 43.8 Å². The zero-order chi connectivity index (χ0) is 19.2. The van der Waals surface area contributed by atoms with Gasteiger partial charge in [-0.25, -0.2) is 13.2 Å². The molecule has 0 aliphatic carbocycles. The van der Waals surface area contributed by atoms with Gasteiger partial charge in [-0.3, -0.25) is 4.79 Å². The number of amides is 1. The molecule has 1 saturated heterocycles. The minimum Gasteiger partial charge on any atom is -0.449 e. The molecule has 2 N–H and O–H groups in total. The highest BCUT2D eigenvalue weighted by Crippen LogP contribution is 2.21. The van der Waals surface area contributed by atoms with Gasteiger partial charge in [-0.15, -0.1) is 0 Å². The van der Waals surface area contributed by atoms with Gasteiger partial charge < -0.3 is 10.5 Å². The van der Waals surface area contributed by atoms with Gasteiger partial charge in [0.2, 0.25) is 10.0 Å². The lowest BCUT2D eigenvalue weighted by atomic mass is 10.2. The predicted octanol–water partition coefficient (Wildman–Crippen LogP) is 1.68. The van der Waals surface area contributed by atoms with E-state index in [0.717, 1.165) is 31.8 Å². The Morgan fingerprint density at radius 3 is 2.23 bits per heavy atom. The molecule has 0 bridgehead atoms. The number of esters is 1. The summed E-state index contributed by atoms with van der Waals surface area (Å²) in [6.07, 6.45) is 5.52. The third-order valence-corrected chi connectivity index (χ3v) is 6.10. The molecule has 1 aromatic rings. The van der Waals surface area contributed by atoms with Crippen molar-refractivity contribution in [3.8, 4) is 0 Å². The van der Waals surface area contributed by atoms with Gasteiger partial charge in [0, 0.05) is 19.2 Å². The molecule has 1 aliphatic rings. The van der Waals surface area contributed by atoms with E-state index in [9.17, 15) is 18.0 Å². The molecule has 1 atom stereocenters. The summed E-state index contributed by atoms with van der Waals surface area (Å²) < 4.78 is 31.7. The van der Waals surface area contributed by atoms with Crippen LogP contribution in [0.3, 0.4) is 0 Å². The molecule has 7 nitrogen and oxygen atoms in total. The van der Waals surface area contributed by atoms with Crippen molar-refractivity contribution < 1.29 is 22.7 Å². The number of rotatable bonds is 6. The first-order chi connectivity index (χ1) is 12.3. The van der Waals surface area contributed by atoms with Crippen molar-refractivity contribution in [2.45, 2.75) is 43.6 Å². The van der Waals surface area contributed by atoms with E-state index in [4.69, 9.17) is 10.5 Å². The first kappa shape index (κ1) is 20.1. The predicted molar refractivity (Wildman–Crippen MR) is 97.5 cm³/mol. The fourth-order valence-corrected chi connectivity index (χ4v) is 4.13. The van der Waals surface area contributed by atoms with Crippen molar-refractivity contribution in [2.24, 2.45) is 5.73 Å². The minimum atomic E-state index is -3.49. The highest BCUT2D eigenvalue weighted by molar-refractivity contribution is 7.89. The summed E-state index contributed by atoms with van der Waals surface area (Å²) in [6.45, 7) is 2.48. The monoisotopic (exact) mass is 380 g/mol. The average Bonchev–Trinajstić information content (AvgIpc) is 2.90. The number of nitrogens with zero attached hydrogens (tertiary/aromatic N) is 1. The van der Waals surface area contributed by atoms with E-state index in [1.165, 1.54) is 29.4 Å². The van der Waals surface area contributed by atoms with Crippen molar-refractivity contribution in [1.82, 2.24) is 4.31 Å². The lowest BCUT2D eigenvalue weighted by Crippen LogP contribution is -2.31. The standard InChI is InChI=1S/C18H24N2O5S/c1-14(18(19)22)25-17(21)11-8-15-6-9-16(10-7-15)26(23,24)20-12-4-2-3-5-13-20/h6-11,14H,2-5,12-13H2,1H3,(H2,19,22)/b11-8+/t14-/m0/s1. The molecule has 0 aromatic heterocycles. The van der Waals surface area contributed by atoms with Crippen molar-refractivity contribution in [1.29, 1.82) is 0 Å². The summed E-state index contributed by atoms with van der Waals surface area (Å²) in [4.78, 5) is 22.7. The van der Waals surface area contributed by atoms with Crippen LogP contribution < -0.4 is 5.73 Å². The number of carbonyl (C=O) groups is 2. The molecular weight excluding hydrogens is 356 g/mol. The fourth-order valence-electron chi connectivity index (χ4n) is 2.62. The molecule has 0 unspecified atom stereocenters. The van der Waals surface area contributed by atoms with Crippen LogP contribution in [0.1, 0.15) is 38.2 Å². The number of benzene rings is 1. The summed E-state index contributed by atoms with van der Waals surface area (Å²) in [7, 11) is -3.49. The molecule has 0 radical (unpaired) electrons. The zero-order valence-electron chi connectivity index (χ0n) is 14.8. The van der Waals surface area contributed by atoms with Gasteiger partial charge in [0.25, 0.3) is 5.91 Å². The molecule has 1 aromatic carbocycles. The second-order valence-electron chi connectivity index (χ2n) is 6.20. The second kappa shape index (κ2) is 8.95. The van der Waals surface area contributed by atoms with E-state index in [1.807, 2.05) is 0 Å². The van der Waals surface area contributed by atoms with Crippen LogP contribution in [0.5, 0.6) is 0 Å². The van der Waals surface area contributed by atoms with Crippen LogP contribution in [0.15, 0.2) is 35.2 Å². The van der Waals surface area contributed by atoms with E-state index >= 15 is 0 Å². The molecular formula is C18H24N2O5S. The van der Waals surface area contributed by atoms with Gasteiger partial charge in [-0.05, 0) is 43.5 Å². The van der Waals surface area contributed by atoms with E-state index in [2.05, 4.69) is 0 Å². The summed E-state index contributed by atoms with van der Waals surface area (Å²) in [6, 6.07) is 6.28. The Labute approximate surface area is 153 Å². The average molecular weight is 380 g/mol. The van der Waals surface area contributed by atoms with Crippen LogP contribution in [-0.2, 0) is 24.3 Å². The van der Waals surface area contributed by atoms with Gasteiger partial charge in [0.05, 0.1) is 4.90 Å². The number of hydrogen-bond donors (Lipinski definition) is 1. The van der Waals surface area contributed by atoms with Crippen molar-refractivity contribution in [2.75, 3.05) is 13.1 Å². The number of nitrogens with two attached hydrogens (primary N) is 1. The third-order valence-electron chi connectivity index (χ3n) is 4.19. The Balaban J connectivity index is 2.04. The molecule has 0 spiro atoms. The molecule has 142 valence electrons. The lowest BCUT2D eigenvalue weighted by molar-refractivity contribution is -0.148. The Morgan fingerprint density at radius 1 is 1.12 bits per heavy atom. The highest BCUT2D eigenvalue weighted by Gasteiger charge is 2.24. The van der Waals surface area contributed by atoms with E-state index in [-0.39, 0.29) is 4.90 Å². The topological polar surface area (TPSA) is 107 Å². The number of sulfonamides is 1. The molecule has 2 rings (SSSR count). The van der Waals surface area contributed by atoms with E-state index < -0.39 is 28.0 Å². The van der Waals surface area contributed by atoms with Crippen molar-refractivity contribution in [3.05, 3.63) is 35.9 Å². The SMILES string of the molecule is C[C@H](OC(=O)/C=C/c1ccc(S(=O)(=O)N2CCCCCC2)cc1)C(N)=O. The zero-order valence-corrected chi connectivity index (χ0v) is 15.6. The Bertz CT molecular complexity index is 763. The van der Waals surface area contributed by atoms with E-state index in [1.54, 1.807) is 12.1 Å². The molecule has 26 heavy (non-hydrogen) atoms. The van der Waals surface area contributed by atoms with Crippen molar-refractivity contribution in [3.63, 3.8) is 0 Å². The number of primary amides is 1. The maximum Gasteiger partial charge on any atom is 0.331 e. The first-order valence-electron chi connectivity index (χ1n) is 8.59. The van der Waals surface area contributed by atoms with Gasteiger partial charge >= 0.3 is 5.97 Å². The van der Waals surface area contributed by atoms with Crippen LogP contribution >= 0.6 is 0 Å². The van der Waals surface area contributed by atoms with E-state index in [0.29, 0.717) is 18.7 Å². The quantitative estimate of drug-likeness (QED) is 0.597. The smallest absolute Gasteiger partial charge is 0.331 e. The molecule has 1 amide bonds. The number of ether oxygens (including phenoxy) is 1. The highest BCUT2D eigenvalue weighted by atomic mass is 32.2. The van der Waals surface area contributed by atoms with Gasteiger partial charge in [0.15, 0.2) is 6.10 Å². The Hall–Kier alpha value is -2.19. The summed E-state index contributed by atoms with van der Waals surface area (Å²) >= 11 is 0. The van der Waals surface area contributed by atoms with Crippen LogP contribution in [0, 0.1) is 0 Å². The van der Waals surface area contributed by atoms with Crippen LogP contribution in [0.4, 0.5) is 0 Å².